The molecular formula is C18H17ClF3N5. The summed E-state index contributed by atoms with van der Waals surface area (Å²) in [6.07, 6.45) is -4.92. The standard InChI is InChI=1S/C18H17ClF3N5/c1-10(23)14-8-12(4-7-15(14)24)16(25)27(17(26)18(20,21)22)9-11-2-5-13(19)6-3-11/h2-8,23,25-26H,9,24H2,1H3. The number of nitrogen functional groups attached to an aromatic ring is 1. The molecule has 9 heteroatoms. The SMILES string of the molecule is CC(=N)c1cc(C(=N)N(Cc2ccc(Cl)cc2)C(=N)C(F)(F)F)ccc1N. The van der Waals surface area contributed by atoms with E-state index >= 15 is 0 Å². The van der Waals surface area contributed by atoms with Gasteiger partial charge in [-0.25, -0.2) is 0 Å². The first kappa shape index (κ1) is 20.4. The van der Waals surface area contributed by atoms with E-state index in [-0.39, 0.29) is 23.5 Å². The highest BCUT2D eigenvalue weighted by Gasteiger charge is 2.40. The van der Waals surface area contributed by atoms with Crippen molar-refractivity contribution < 1.29 is 13.2 Å². The van der Waals surface area contributed by atoms with Crippen LogP contribution in [0.2, 0.25) is 5.02 Å². The van der Waals surface area contributed by atoms with E-state index in [1.54, 1.807) is 0 Å². The second-order valence-corrected chi connectivity index (χ2v) is 6.27. The Bertz CT molecular complexity index is 891. The Morgan fingerprint density at radius 2 is 1.67 bits per heavy atom. The first-order valence-corrected chi connectivity index (χ1v) is 8.10. The Balaban J connectivity index is 2.44. The fourth-order valence-electron chi connectivity index (χ4n) is 2.38. The van der Waals surface area contributed by atoms with Gasteiger partial charge in [0.1, 0.15) is 5.84 Å². The molecule has 2 rings (SSSR count). The normalized spacial score (nSPS) is 11.1. The topological polar surface area (TPSA) is 101 Å². The molecule has 2 aromatic rings. The molecule has 0 amide bonds. The van der Waals surface area contributed by atoms with Gasteiger partial charge >= 0.3 is 6.18 Å². The van der Waals surface area contributed by atoms with Gasteiger partial charge in [-0.3, -0.25) is 10.8 Å². The van der Waals surface area contributed by atoms with Crippen LogP contribution in [0, 0.1) is 16.2 Å². The van der Waals surface area contributed by atoms with Gasteiger partial charge in [0.15, 0.2) is 0 Å². The maximum Gasteiger partial charge on any atom is 0.449 e. The number of anilines is 1. The Kier molecular flexibility index (Phi) is 5.90. The van der Waals surface area contributed by atoms with Crippen molar-refractivity contribution in [1.29, 1.82) is 16.2 Å². The molecular weight excluding hydrogens is 379 g/mol. The van der Waals surface area contributed by atoms with Crippen LogP contribution >= 0.6 is 11.6 Å². The van der Waals surface area contributed by atoms with Gasteiger partial charge < -0.3 is 16.0 Å². The van der Waals surface area contributed by atoms with Crippen LogP contribution in [0.15, 0.2) is 42.5 Å². The quantitative estimate of drug-likeness (QED) is 0.343. The fourth-order valence-corrected chi connectivity index (χ4v) is 2.51. The molecule has 5 nitrogen and oxygen atoms in total. The zero-order chi connectivity index (χ0) is 20.4. The van der Waals surface area contributed by atoms with Gasteiger partial charge in [-0.2, -0.15) is 13.2 Å². The zero-order valence-electron chi connectivity index (χ0n) is 14.3. The van der Waals surface area contributed by atoms with Gasteiger partial charge in [-0.1, -0.05) is 23.7 Å². The molecule has 0 aliphatic carbocycles. The van der Waals surface area contributed by atoms with Crippen LogP contribution in [0.25, 0.3) is 0 Å². The highest BCUT2D eigenvalue weighted by Crippen LogP contribution is 2.24. The fraction of sp³-hybridized carbons (Fsp3) is 0.167. The van der Waals surface area contributed by atoms with Crippen molar-refractivity contribution in [2.24, 2.45) is 0 Å². The summed E-state index contributed by atoms with van der Waals surface area (Å²) in [6, 6.07) is 10.3. The monoisotopic (exact) mass is 395 g/mol. The summed E-state index contributed by atoms with van der Waals surface area (Å²) >= 11 is 5.79. The Labute approximate surface area is 159 Å². The molecule has 0 bridgehead atoms. The van der Waals surface area contributed by atoms with Gasteiger partial charge in [0.25, 0.3) is 0 Å². The summed E-state index contributed by atoms with van der Waals surface area (Å²) in [6.45, 7) is 1.15. The molecule has 0 aliphatic rings. The first-order valence-electron chi connectivity index (χ1n) is 7.72. The molecule has 0 aromatic heterocycles. The second-order valence-electron chi connectivity index (χ2n) is 5.83. The Morgan fingerprint density at radius 1 is 1.07 bits per heavy atom. The van der Waals surface area contributed by atoms with Crippen molar-refractivity contribution in [3.8, 4) is 0 Å². The van der Waals surface area contributed by atoms with Crippen LogP contribution in [0.5, 0.6) is 0 Å². The number of benzene rings is 2. The molecule has 0 radical (unpaired) electrons. The molecule has 5 N–H and O–H groups in total. The van der Waals surface area contributed by atoms with E-state index in [0.29, 0.717) is 21.0 Å². The minimum Gasteiger partial charge on any atom is -0.398 e. The van der Waals surface area contributed by atoms with E-state index in [1.165, 1.54) is 49.4 Å². The van der Waals surface area contributed by atoms with Crippen LogP contribution in [0.1, 0.15) is 23.6 Å². The number of hydrogen-bond acceptors (Lipinski definition) is 4. The van der Waals surface area contributed by atoms with Crippen molar-refractivity contribution in [3.63, 3.8) is 0 Å². The summed E-state index contributed by atoms with van der Waals surface area (Å²) < 4.78 is 39.5. The summed E-state index contributed by atoms with van der Waals surface area (Å²) in [5.74, 6) is -2.18. The van der Waals surface area contributed by atoms with Crippen LogP contribution in [-0.2, 0) is 6.54 Å². The lowest BCUT2D eigenvalue weighted by molar-refractivity contribution is -0.0672. The van der Waals surface area contributed by atoms with Gasteiger partial charge in [0.2, 0.25) is 5.84 Å². The minimum absolute atomic E-state index is 0.119. The van der Waals surface area contributed by atoms with Crippen LogP contribution in [0.3, 0.4) is 0 Å². The van der Waals surface area contributed by atoms with E-state index < -0.39 is 17.8 Å². The van der Waals surface area contributed by atoms with E-state index in [1.807, 2.05) is 0 Å². The molecule has 0 saturated carbocycles. The third-order valence-electron chi connectivity index (χ3n) is 3.79. The maximum atomic E-state index is 13.2. The molecule has 0 saturated heterocycles. The van der Waals surface area contributed by atoms with Gasteiger partial charge in [0.05, 0.1) is 6.54 Å². The van der Waals surface area contributed by atoms with Crippen molar-refractivity contribution >= 4 is 34.7 Å². The third kappa shape index (κ3) is 4.85. The third-order valence-corrected chi connectivity index (χ3v) is 4.05. The number of amidine groups is 2. The highest BCUT2D eigenvalue weighted by atomic mass is 35.5. The lowest BCUT2D eigenvalue weighted by Gasteiger charge is -2.27. The largest absolute Gasteiger partial charge is 0.449 e. The number of alkyl halides is 3. The predicted octanol–water partition coefficient (Wildman–Crippen LogP) is 4.68. The molecule has 0 fully saturated rings. The molecule has 0 heterocycles. The van der Waals surface area contributed by atoms with E-state index in [2.05, 4.69) is 0 Å². The summed E-state index contributed by atoms with van der Waals surface area (Å²) in [4.78, 5) is 0.553. The number of rotatable bonds is 4. The van der Waals surface area contributed by atoms with Crippen LogP contribution < -0.4 is 5.73 Å². The van der Waals surface area contributed by atoms with Crippen LogP contribution in [0.4, 0.5) is 18.9 Å². The van der Waals surface area contributed by atoms with Gasteiger partial charge in [-0.05, 0) is 42.8 Å². The highest BCUT2D eigenvalue weighted by molar-refractivity contribution is 6.30. The van der Waals surface area contributed by atoms with Crippen molar-refractivity contribution in [2.75, 3.05) is 5.73 Å². The molecule has 0 aliphatic heterocycles. The molecule has 2 aromatic carbocycles. The zero-order valence-corrected chi connectivity index (χ0v) is 15.0. The number of halogens is 4. The number of nitrogens with two attached hydrogens (primary N) is 1. The molecule has 0 spiro atoms. The smallest absolute Gasteiger partial charge is 0.398 e. The molecule has 0 unspecified atom stereocenters. The van der Waals surface area contributed by atoms with Gasteiger partial charge in [-0.15, -0.1) is 0 Å². The Morgan fingerprint density at radius 3 is 2.19 bits per heavy atom. The number of hydrogen-bond donors (Lipinski definition) is 4. The number of nitrogens with zero attached hydrogens (tertiary/aromatic N) is 1. The first-order chi connectivity index (χ1) is 12.5. The molecule has 0 atom stereocenters. The number of nitrogens with one attached hydrogen (secondary N) is 3. The second kappa shape index (κ2) is 7.79. The van der Waals surface area contributed by atoms with Gasteiger partial charge in [0, 0.05) is 27.5 Å². The Hall–Kier alpha value is -2.87. The average Bonchev–Trinajstić information content (AvgIpc) is 2.59. The summed E-state index contributed by atoms with van der Waals surface area (Å²) in [7, 11) is 0. The lowest BCUT2D eigenvalue weighted by Crippen LogP contribution is -2.44. The molecule has 27 heavy (non-hydrogen) atoms. The summed E-state index contributed by atoms with van der Waals surface area (Å²) in [5, 5.41) is 23.9. The lowest BCUT2D eigenvalue weighted by atomic mass is 10.0. The van der Waals surface area contributed by atoms with Crippen LogP contribution in [-0.4, -0.2) is 28.5 Å². The minimum atomic E-state index is -4.92. The predicted molar refractivity (Wildman–Crippen MR) is 101 cm³/mol. The summed E-state index contributed by atoms with van der Waals surface area (Å²) in [5.41, 5.74) is 7.08. The van der Waals surface area contributed by atoms with E-state index in [0.717, 1.165) is 0 Å². The molecule has 142 valence electrons. The van der Waals surface area contributed by atoms with Crippen molar-refractivity contribution in [2.45, 2.75) is 19.6 Å². The van der Waals surface area contributed by atoms with Crippen molar-refractivity contribution in [3.05, 3.63) is 64.2 Å². The maximum absolute atomic E-state index is 13.2. The van der Waals surface area contributed by atoms with Crippen molar-refractivity contribution in [1.82, 2.24) is 4.90 Å². The van der Waals surface area contributed by atoms with E-state index in [9.17, 15) is 13.2 Å². The van der Waals surface area contributed by atoms with E-state index in [4.69, 9.17) is 33.6 Å². The average molecular weight is 396 g/mol.